The Morgan fingerprint density at radius 2 is 1.92 bits per heavy atom. The third-order valence-electron chi connectivity index (χ3n) is 3.63. The van der Waals surface area contributed by atoms with E-state index in [2.05, 4.69) is 9.97 Å². The number of H-pyrrole nitrogens is 1. The van der Waals surface area contributed by atoms with E-state index >= 15 is 0 Å². The number of thioether (sulfide) groups is 1. The highest BCUT2D eigenvalue weighted by Crippen LogP contribution is 2.22. The Morgan fingerprint density at radius 1 is 1.12 bits per heavy atom. The molecule has 0 saturated heterocycles. The van der Waals surface area contributed by atoms with Crippen molar-refractivity contribution in [2.75, 3.05) is 5.75 Å². The summed E-state index contributed by atoms with van der Waals surface area (Å²) in [6.45, 7) is 0. The van der Waals surface area contributed by atoms with Crippen LogP contribution in [0.25, 0.3) is 21.9 Å². The first-order valence-corrected chi connectivity index (χ1v) is 8.33. The van der Waals surface area contributed by atoms with Gasteiger partial charge in [-0.1, -0.05) is 42.1 Å². The van der Waals surface area contributed by atoms with Gasteiger partial charge in [-0.2, -0.15) is 0 Å². The third-order valence-corrected chi connectivity index (χ3v) is 4.50. The van der Waals surface area contributed by atoms with E-state index in [1.54, 1.807) is 24.3 Å². The van der Waals surface area contributed by atoms with Crippen molar-refractivity contribution >= 4 is 39.4 Å². The van der Waals surface area contributed by atoms with Crippen molar-refractivity contribution in [3.05, 3.63) is 70.7 Å². The number of aromatic amines is 1. The number of benzene rings is 2. The van der Waals surface area contributed by atoms with Gasteiger partial charge in [0.15, 0.2) is 10.9 Å². The van der Waals surface area contributed by atoms with Crippen LogP contribution in [-0.2, 0) is 0 Å². The minimum atomic E-state index is -0.209. The third kappa shape index (κ3) is 2.72. The van der Waals surface area contributed by atoms with Gasteiger partial charge in [-0.15, -0.1) is 0 Å². The summed E-state index contributed by atoms with van der Waals surface area (Å²) >= 11 is 1.19. The van der Waals surface area contributed by atoms with Crippen molar-refractivity contribution in [2.24, 2.45) is 0 Å². The number of carbonyl (C=O) groups is 1. The van der Waals surface area contributed by atoms with Crippen molar-refractivity contribution in [3.63, 3.8) is 0 Å². The summed E-state index contributed by atoms with van der Waals surface area (Å²) in [4.78, 5) is 31.4. The molecule has 0 radical (unpaired) electrons. The Kier molecular flexibility index (Phi) is 3.66. The van der Waals surface area contributed by atoms with Gasteiger partial charge < -0.3 is 9.40 Å². The average molecular weight is 336 g/mol. The number of hydrogen-bond donors (Lipinski definition) is 1. The van der Waals surface area contributed by atoms with Crippen LogP contribution in [0, 0.1) is 0 Å². The van der Waals surface area contributed by atoms with Gasteiger partial charge in [0.2, 0.25) is 5.78 Å². The molecule has 0 saturated carbocycles. The molecule has 0 aliphatic rings. The highest BCUT2D eigenvalue weighted by Gasteiger charge is 2.13. The van der Waals surface area contributed by atoms with Crippen LogP contribution in [0.4, 0.5) is 0 Å². The number of rotatable bonds is 4. The molecule has 2 aromatic heterocycles. The molecule has 0 bridgehead atoms. The smallest absolute Gasteiger partial charge is 0.259 e. The highest BCUT2D eigenvalue weighted by molar-refractivity contribution is 7.99. The summed E-state index contributed by atoms with van der Waals surface area (Å²) in [5.41, 5.74) is 1.09. The summed E-state index contributed by atoms with van der Waals surface area (Å²) < 4.78 is 5.56. The fraction of sp³-hybridized carbons (Fsp3) is 0.0556. The molecule has 118 valence electrons. The predicted octanol–water partition coefficient (Wildman–Crippen LogP) is 3.64. The summed E-state index contributed by atoms with van der Waals surface area (Å²) in [7, 11) is 0. The van der Waals surface area contributed by atoms with E-state index in [-0.39, 0.29) is 17.1 Å². The van der Waals surface area contributed by atoms with Crippen LogP contribution in [-0.4, -0.2) is 21.5 Å². The molecule has 0 amide bonds. The highest BCUT2D eigenvalue weighted by atomic mass is 32.2. The molecule has 4 rings (SSSR count). The van der Waals surface area contributed by atoms with Gasteiger partial charge in [-0.05, 0) is 24.3 Å². The largest absolute Gasteiger partial charge is 0.453 e. The summed E-state index contributed by atoms with van der Waals surface area (Å²) in [6.07, 6.45) is 0. The lowest BCUT2D eigenvalue weighted by atomic mass is 10.2. The Hall–Kier alpha value is -2.86. The second-order valence-corrected chi connectivity index (χ2v) is 6.21. The monoisotopic (exact) mass is 336 g/mol. The predicted molar refractivity (Wildman–Crippen MR) is 93.6 cm³/mol. The van der Waals surface area contributed by atoms with E-state index in [1.807, 2.05) is 30.3 Å². The van der Waals surface area contributed by atoms with Crippen LogP contribution in [0.1, 0.15) is 10.6 Å². The van der Waals surface area contributed by atoms with E-state index in [0.29, 0.717) is 27.4 Å². The molecular weight excluding hydrogens is 324 g/mol. The van der Waals surface area contributed by atoms with Crippen LogP contribution in [0.3, 0.4) is 0 Å². The molecule has 0 aliphatic carbocycles. The number of para-hydroxylation sites is 2. The minimum absolute atomic E-state index is 0.140. The number of Topliss-reactive ketones (excluding diaryl/α,β-unsaturated/α-hetero) is 1. The van der Waals surface area contributed by atoms with Crippen LogP contribution in [0.15, 0.2) is 69.0 Å². The Balaban J connectivity index is 1.56. The number of hydrogen-bond acceptors (Lipinski definition) is 5. The lowest BCUT2D eigenvalue weighted by Gasteiger charge is -2.01. The maximum absolute atomic E-state index is 12.3. The van der Waals surface area contributed by atoms with Gasteiger partial charge >= 0.3 is 0 Å². The van der Waals surface area contributed by atoms with Crippen molar-refractivity contribution in [1.29, 1.82) is 0 Å². The first-order valence-electron chi connectivity index (χ1n) is 7.34. The number of nitrogens with one attached hydrogen (secondary N) is 1. The number of furan rings is 1. The maximum atomic E-state index is 12.3. The normalized spacial score (nSPS) is 11.2. The molecule has 0 spiro atoms. The molecule has 5 nitrogen and oxygen atoms in total. The van der Waals surface area contributed by atoms with Crippen LogP contribution < -0.4 is 5.56 Å². The van der Waals surface area contributed by atoms with E-state index < -0.39 is 0 Å². The van der Waals surface area contributed by atoms with Crippen molar-refractivity contribution in [2.45, 2.75) is 5.16 Å². The van der Waals surface area contributed by atoms with Crippen LogP contribution in [0.5, 0.6) is 0 Å². The molecule has 0 unspecified atom stereocenters. The molecule has 1 N–H and O–H groups in total. The number of fused-ring (bicyclic) bond motifs is 2. The summed E-state index contributed by atoms with van der Waals surface area (Å²) in [5.74, 6) is 0.306. The molecule has 2 aromatic carbocycles. The number of nitrogens with zero attached hydrogens (tertiary/aromatic N) is 1. The lowest BCUT2D eigenvalue weighted by Crippen LogP contribution is -2.10. The zero-order valence-electron chi connectivity index (χ0n) is 12.5. The molecule has 6 heteroatoms. The number of aromatic nitrogens is 2. The van der Waals surface area contributed by atoms with Gasteiger partial charge in [0.1, 0.15) is 5.58 Å². The molecule has 0 fully saturated rings. The van der Waals surface area contributed by atoms with Gasteiger partial charge in [-0.3, -0.25) is 9.59 Å². The zero-order chi connectivity index (χ0) is 16.5. The average Bonchev–Trinajstić information content (AvgIpc) is 3.04. The molecule has 0 atom stereocenters. The van der Waals surface area contributed by atoms with Gasteiger partial charge in [0.25, 0.3) is 5.56 Å². The Bertz CT molecular complexity index is 1080. The SMILES string of the molecule is O=C(CSc1nc2ccccc2c(=O)[nH]1)c1cc2ccccc2o1. The van der Waals surface area contributed by atoms with E-state index in [1.165, 1.54) is 11.8 Å². The molecule has 0 aliphatic heterocycles. The summed E-state index contributed by atoms with van der Waals surface area (Å²) in [5, 5.41) is 1.84. The summed E-state index contributed by atoms with van der Waals surface area (Å²) in [6, 6.07) is 16.3. The van der Waals surface area contributed by atoms with E-state index in [0.717, 1.165) is 5.39 Å². The van der Waals surface area contributed by atoms with E-state index in [9.17, 15) is 9.59 Å². The zero-order valence-corrected chi connectivity index (χ0v) is 13.3. The van der Waals surface area contributed by atoms with Gasteiger partial charge in [-0.25, -0.2) is 4.98 Å². The van der Waals surface area contributed by atoms with Crippen LogP contribution in [0.2, 0.25) is 0 Å². The maximum Gasteiger partial charge on any atom is 0.259 e. The molecule has 4 aromatic rings. The van der Waals surface area contributed by atoms with Gasteiger partial charge in [0.05, 0.1) is 16.7 Å². The molecular formula is C18H12N2O3S. The Morgan fingerprint density at radius 3 is 2.79 bits per heavy atom. The molecule has 2 heterocycles. The molecule has 24 heavy (non-hydrogen) atoms. The topological polar surface area (TPSA) is 76.0 Å². The van der Waals surface area contributed by atoms with Gasteiger partial charge in [0, 0.05) is 5.39 Å². The fourth-order valence-electron chi connectivity index (χ4n) is 2.46. The van der Waals surface area contributed by atoms with Crippen molar-refractivity contribution < 1.29 is 9.21 Å². The van der Waals surface area contributed by atoms with Crippen molar-refractivity contribution in [3.8, 4) is 0 Å². The number of ketones is 1. The lowest BCUT2D eigenvalue weighted by molar-refractivity contribution is 0.0994. The standard InChI is InChI=1S/C18H12N2O3S/c21-14(16-9-11-5-1-4-8-15(11)23-16)10-24-18-19-13-7-3-2-6-12(13)17(22)20-18/h1-9H,10H2,(H,19,20,22). The second kappa shape index (κ2) is 5.98. The quantitative estimate of drug-likeness (QED) is 0.350. The van der Waals surface area contributed by atoms with E-state index in [4.69, 9.17) is 4.42 Å². The van der Waals surface area contributed by atoms with Crippen molar-refractivity contribution in [1.82, 2.24) is 9.97 Å². The first kappa shape index (κ1) is 14.7. The first-order chi connectivity index (χ1) is 11.7. The fourth-order valence-corrected chi connectivity index (χ4v) is 3.20. The minimum Gasteiger partial charge on any atom is -0.453 e. The second-order valence-electron chi connectivity index (χ2n) is 5.25. The van der Waals surface area contributed by atoms with Crippen LogP contribution >= 0.6 is 11.8 Å². The Labute approximate surface area is 140 Å². The number of carbonyl (C=O) groups excluding carboxylic acids is 1.